The van der Waals surface area contributed by atoms with E-state index in [1.807, 2.05) is 0 Å². The van der Waals surface area contributed by atoms with Gasteiger partial charge in [-0.1, -0.05) is 158 Å². The number of aromatic carboxylic acids is 2. The minimum atomic E-state index is -1.24. The van der Waals surface area contributed by atoms with Gasteiger partial charge < -0.3 is 31.5 Å². The van der Waals surface area contributed by atoms with Gasteiger partial charge in [-0.2, -0.15) is 0 Å². The molecule has 0 saturated heterocycles. The number of carboxylic acids is 2. The molecule has 68 heavy (non-hydrogen) atoms. The van der Waals surface area contributed by atoms with Crippen LogP contribution >= 0.6 is 11.6 Å². The van der Waals surface area contributed by atoms with E-state index in [1.165, 1.54) is 36.4 Å². The van der Waals surface area contributed by atoms with Crippen LogP contribution in [0.15, 0.2) is 158 Å². The Kier molecular flexibility index (Phi) is 48.7. The highest BCUT2D eigenvalue weighted by atomic mass is 35.5. The van der Waals surface area contributed by atoms with Crippen molar-refractivity contribution in [1.82, 2.24) is 0 Å². The number of carbonyl (C=O) groups excluding carboxylic acids is 2. The Hall–Kier alpha value is -6.39. The van der Waals surface area contributed by atoms with Crippen LogP contribution < -0.4 is 11.1 Å². The Morgan fingerprint density at radius 3 is 1.16 bits per heavy atom. The number of unbranched alkanes of at least 4 members (excludes halogenated alkanes) is 2. The third kappa shape index (κ3) is 42.3. The van der Waals surface area contributed by atoms with E-state index in [2.05, 4.69) is 141 Å². The predicted molar refractivity (Wildman–Crippen MR) is 291 cm³/mol. The molecule has 0 heterocycles. The van der Waals surface area contributed by atoms with Crippen LogP contribution in [0.3, 0.4) is 0 Å². The summed E-state index contributed by atoms with van der Waals surface area (Å²) in [6, 6.07) is 7.87. The second-order valence-corrected chi connectivity index (χ2v) is 14.6. The Balaban J connectivity index is -0.000000492. The van der Waals surface area contributed by atoms with Gasteiger partial charge in [0.25, 0.3) is 0 Å². The molecule has 7 N–H and O–H groups in total. The summed E-state index contributed by atoms with van der Waals surface area (Å²) in [4.78, 5) is 43.9. The smallest absolute Gasteiger partial charge is 0.339 e. The van der Waals surface area contributed by atoms with E-state index in [0.29, 0.717) is 30.6 Å². The summed E-state index contributed by atoms with van der Waals surface area (Å²) in [5.74, 6) is -3.20. The van der Waals surface area contributed by atoms with Gasteiger partial charge in [-0.3, -0.25) is 9.59 Å². The van der Waals surface area contributed by atoms with Crippen molar-refractivity contribution < 1.29 is 39.6 Å². The van der Waals surface area contributed by atoms with Crippen LogP contribution in [0.2, 0.25) is 0 Å². The van der Waals surface area contributed by atoms with Crippen LogP contribution in [-0.4, -0.2) is 43.5 Å². The van der Waals surface area contributed by atoms with E-state index < -0.39 is 11.9 Å². The van der Waals surface area contributed by atoms with Crippen molar-refractivity contribution in [3.8, 4) is 11.5 Å². The summed E-state index contributed by atoms with van der Waals surface area (Å²) >= 11 is 5.26. The normalized spacial score (nSPS) is 11.4. The third-order valence-corrected chi connectivity index (χ3v) is 8.78. The molecule has 0 spiro atoms. The molecule has 0 bridgehead atoms. The van der Waals surface area contributed by atoms with Gasteiger partial charge in [0.1, 0.15) is 22.6 Å². The number of halogens is 1. The Morgan fingerprint density at radius 1 is 0.500 bits per heavy atom. The molecule has 11 heteroatoms. The van der Waals surface area contributed by atoms with Gasteiger partial charge in [0.2, 0.25) is 11.1 Å². The number of amides is 1. The highest BCUT2D eigenvalue weighted by Crippen LogP contribution is 2.22. The number of aromatic hydroxyl groups is 2. The van der Waals surface area contributed by atoms with E-state index >= 15 is 0 Å². The van der Waals surface area contributed by atoms with Crippen LogP contribution in [-0.2, 0) is 9.59 Å². The average Bonchev–Trinajstić information content (AvgIpc) is 3.27. The lowest BCUT2D eigenvalue weighted by molar-refractivity contribution is -0.116. The number of carbonyl (C=O) groups is 4. The molecule has 376 valence electrons. The monoisotopic (exact) mass is 959 g/mol. The van der Waals surface area contributed by atoms with E-state index in [1.54, 1.807) is 0 Å². The first-order valence-corrected chi connectivity index (χ1v) is 22.7. The molecule has 0 radical (unpaired) electrons. The molecule has 0 aliphatic carbocycles. The second kappa shape index (κ2) is 48.5. The molecule has 0 aliphatic heterocycles. The van der Waals surface area contributed by atoms with Gasteiger partial charge in [-0.25, -0.2) is 9.59 Å². The number of hydrogen-bond acceptors (Lipinski definition) is 7. The van der Waals surface area contributed by atoms with Gasteiger partial charge >= 0.3 is 11.9 Å². The van der Waals surface area contributed by atoms with E-state index in [0.717, 1.165) is 83.5 Å². The quantitative estimate of drug-likeness (QED) is 0.0152. The minimum Gasteiger partial charge on any atom is -0.507 e. The molecule has 0 unspecified atom stereocenters. The first-order valence-electron chi connectivity index (χ1n) is 22.3. The number of nitrogens with one attached hydrogen (secondary N) is 1. The van der Waals surface area contributed by atoms with Crippen molar-refractivity contribution in [3.05, 3.63) is 169 Å². The maximum Gasteiger partial charge on any atom is 0.339 e. The summed E-state index contributed by atoms with van der Waals surface area (Å²) in [5.41, 5.74) is 5.56. The number of rotatable bonds is 29. The van der Waals surface area contributed by atoms with Gasteiger partial charge in [-0.15, -0.1) is 0 Å². The molecular weight excluding hydrogens is 876 g/mol. The fourth-order valence-electron chi connectivity index (χ4n) is 5.21. The van der Waals surface area contributed by atoms with Crippen LogP contribution in [0.4, 0.5) is 11.4 Å². The first-order chi connectivity index (χ1) is 31.4. The number of benzene rings is 2. The molecule has 1 amide bonds. The molecule has 10 nitrogen and oxygen atoms in total. The number of allylic oxidation sites excluding steroid dienone is 20. The number of phenols is 2. The number of anilines is 2. The molecule has 0 aromatic heterocycles. The highest BCUT2D eigenvalue weighted by Gasteiger charge is 2.11. The average molecular weight is 960 g/mol. The van der Waals surface area contributed by atoms with E-state index in [-0.39, 0.29) is 56.1 Å². The fraction of sp³-hybridized carbons (Fsp3) is 0.368. The summed E-state index contributed by atoms with van der Waals surface area (Å²) in [5, 5.41) is 38.3. The van der Waals surface area contributed by atoms with Gasteiger partial charge in [0, 0.05) is 24.2 Å². The molecule has 0 atom stereocenters. The minimum absolute atomic E-state index is 0. The number of carboxylic acid groups (broad SMARTS) is 2. The second-order valence-electron chi connectivity index (χ2n) is 14.2. The van der Waals surface area contributed by atoms with Crippen molar-refractivity contribution in [3.63, 3.8) is 0 Å². The number of nitrogen functional groups attached to an aromatic ring is 1. The maximum absolute atomic E-state index is 12.0. The molecule has 0 fully saturated rings. The predicted octanol–water partition coefficient (Wildman–Crippen LogP) is 16.2. The number of nitrogens with two attached hydrogens (primary N) is 1. The van der Waals surface area contributed by atoms with Crippen molar-refractivity contribution in [2.24, 2.45) is 0 Å². The fourth-order valence-corrected chi connectivity index (χ4v) is 5.34. The lowest BCUT2D eigenvalue weighted by Crippen LogP contribution is -2.11. The molecule has 2 rings (SSSR count). The largest absolute Gasteiger partial charge is 0.507 e. The Bertz CT molecular complexity index is 1970. The lowest BCUT2D eigenvalue weighted by atomic mass is 10.1. The van der Waals surface area contributed by atoms with Gasteiger partial charge in [-0.05, 0) is 138 Å². The first kappa shape index (κ1) is 68.2. The van der Waals surface area contributed by atoms with Crippen molar-refractivity contribution in [2.45, 2.75) is 139 Å². The summed E-state index contributed by atoms with van der Waals surface area (Å²) in [6.45, 7) is 4.28. The Labute approximate surface area is 414 Å². The van der Waals surface area contributed by atoms with Crippen LogP contribution in [0.5, 0.6) is 11.5 Å². The zero-order chi connectivity index (χ0) is 48.2. The highest BCUT2D eigenvalue weighted by molar-refractivity contribution is 6.63. The van der Waals surface area contributed by atoms with Crippen LogP contribution in [0.25, 0.3) is 0 Å². The SMILES string of the molecule is C.C.C.CC/C=C\C/C=C\C/C=C\C/C=C\C/C=C\CCCC(=O)Cl.CC/C=C\C/C=C\C/C=C\C/C=C\C/C=C\CCCC(=O)Nc1ccc(O)c(C(=O)O)c1.Nc1ccc(O)c(C(=O)O)c1. The molecule has 2 aromatic rings. The Morgan fingerprint density at radius 2 is 0.824 bits per heavy atom. The third-order valence-electron chi connectivity index (χ3n) is 8.60. The maximum atomic E-state index is 12.0. The van der Waals surface area contributed by atoms with Crippen LogP contribution in [0, 0.1) is 0 Å². The zero-order valence-corrected chi connectivity index (χ0v) is 39.0. The molecule has 0 saturated carbocycles. The summed E-state index contributed by atoms with van der Waals surface area (Å²) in [6.07, 6.45) is 57.3. The van der Waals surface area contributed by atoms with Gasteiger partial charge in [0.15, 0.2) is 0 Å². The van der Waals surface area contributed by atoms with E-state index in [4.69, 9.17) is 32.7 Å². The molecule has 2 aromatic carbocycles. The van der Waals surface area contributed by atoms with Crippen molar-refractivity contribution in [1.29, 1.82) is 0 Å². The standard InChI is InChI=1S/C27H35NO4.C20H29ClO.C7H7NO3.3CH4/c1-2-3-4-5-6-7-8-9-10-11-12-13-14-15-16-17-18-19-26(30)28-23-20-21-25(29)24(22-23)27(31)32;1-2-3-4-5-6-7-8-9-10-11-12-13-14-15-16-17-18-19-20(21)22;8-4-1-2-6(9)5(3-4)7(10)11;;;/h3-4,6-7,9-10,12-13,15-16,20-22,29H,2,5,8,11,14,17-19H2,1H3,(H,28,30)(H,31,32);3-4,6-7,9-10,12-13,15-16H,2,5,8,11,14,17-19H2,1H3;1-3,9H,8H2,(H,10,11);3*1H4/b2*4-3-,7-6-,10-9-,13-12-,16-15-;;;;. The lowest BCUT2D eigenvalue weighted by Gasteiger charge is -2.06. The van der Waals surface area contributed by atoms with Crippen molar-refractivity contribution in [2.75, 3.05) is 11.1 Å². The molecule has 0 aliphatic rings. The molecular formula is C57H83ClN2O8. The zero-order valence-electron chi connectivity index (χ0n) is 38.2. The van der Waals surface area contributed by atoms with Crippen LogP contribution in [0.1, 0.15) is 160 Å². The van der Waals surface area contributed by atoms with E-state index in [9.17, 15) is 24.3 Å². The number of hydrogen-bond donors (Lipinski definition) is 6. The topological polar surface area (TPSA) is 187 Å². The van der Waals surface area contributed by atoms with Crippen molar-refractivity contribution >= 4 is 46.1 Å². The van der Waals surface area contributed by atoms with Gasteiger partial charge in [0.05, 0.1) is 0 Å². The summed E-state index contributed by atoms with van der Waals surface area (Å²) in [7, 11) is 0. The summed E-state index contributed by atoms with van der Waals surface area (Å²) < 4.78 is 0.